The van der Waals surface area contributed by atoms with Crippen LogP contribution in [0, 0.1) is 5.92 Å². The molecule has 1 saturated carbocycles. The van der Waals surface area contributed by atoms with Crippen molar-refractivity contribution >= 4 is 35.0 Å². The molecule has 6 nitrogen and oxygen atoms in total. The van der Waals surface area contributed by atoms with Gasteiger partial charge in [0.1, 0.15) is 5.75 Å². The van der Waals surface area contributed by atoms with Crippen LogP contribution in [-0.2, 0) is 11.3 Å². The maximum Gasteiger partial charge on any atom is 0.573 e. The number of hydrogen-bond donors (Lipinski definition) is 2. The van der Waals surface area contributed by atoms with E-state index in [4.69, 9.17) is 0 Å². The first-order valence-corrected chi connectivity index (χ1v) is 12.4. The van der Waals surface area contributed by atoms with Crippen LogP contribution < -0.4 is 15.4 Å². The second-order valence-electron chi connectivity index (χ2n) is 9.59. The lowest BCUT2D eigenvalue weighted by Crippen LogP contribution is -2.55. The first kappa shape index (κ1) is 27.7. The summed E-state index contributed by atoms with van der Waals surface area (Å²) in [4.78, 5) is 28.7. The zero-order valence-electron chi connectivity index (χ0n) is 20.5. The molecule has 2 aliphatic rings. The van der Waals surface area contributed by atoms with Crippen molar-refractivity contribution in [3.63, 3.8) is 0 Å². The normalized spacial score (nSPS) is 19.3. The van der Waals surface area contributed by atoms with Crippen molar-refractivity contribution in [2.75, 3.05) is 13.1 Å². The van der Waals surface area contributed by atoms with Gasteiger partial charge in [0.05, 0.1) is 5.92 Å². The molecule has 3 aromatic carbocycles. The minimum absolute atomic E-state index is 0. The SMILES string of the molecule is Cl.O=C(NC1CCNCC1C(=O)N(Cc1cccc2ccccc12)C1CC1)c1ccc(OC(F)(F)F)cc1. The van der Waals surface area contributed by atoms with E-state index in [0.29, 0.717) is 26.1 Å². The number of fused-ring (bicyclic) bond motifs is 1. The molecule has 0 bridgehead atoms. The number of benzene rings is 3. The van der Waals surface area contributed by atoms with Crippen molar-refractivity contribution in [1.29, 1.82) is 0 Å². The molecule has 1 aliphatic carbocycles. The number of rotatable bonds is 7. The van der Waals surface area contributed by atoms with E-state index in [1.165, 1.54) is 12.1 Å². The summed E-state index contributed by atoms with van der Waals surface area (Å²) < 4.78 is 41.2. The van der Waals surface area contributed by atoms with E-state index >= 15 is 0 Å². The molecule has 2 atom stereocenters. The predicted octanol–water partition coefficient (Wildman–Crippen LogP) is 5.06. The van der Waals surface area contributed by atoms with Gasteiger partial charge in [0.2, 0.25) is 5.91 Å². The van der Waals surface area contributed by atoms with Crippen molar-refractivity contribution in [1.82, 2.24) is 15.5 Å². The van der Waals surface area contributed by atoms with Crippen LogP contribution in [0.3, 0.4) is 0 Å². The number of piperidine rings is 1. The smallest absolute Gasteiger partial charge is 0.406 e. The van der Waals surface area contributed by atoms with Crippen LogP contribution in [0.1, 0.15) is 35.2 Å². The van der Waals surface area contributed by atoms with Crippen molar-refractivity contribution in [3.8, 4) is 5.75 Å². The quantitative estimate of drug-likeness (QED) is 0.434. The largest absolute Gasteiger partial charge is 0.573 e. The number of amides is 2. The highest BCUT2D eigenvalue weighted by molar-refractivity contribution is 5.95. The van der Waals surface area contributed by atoms with Gasteiger partial charge in [0, 0.05) is 30.7 Å². The van der Waals surface area contributed by atoms with E-state index in [1.807, 2.05) is 23.1 Å². The zero-order valence-corrected chi connectivity index (χ0v) is 21.4. The fourth-order valence-corrected chi connectivity index (χ4v) is 4.95. The highest BCUT2D eigenvalue weighted by Crippen LogP contribution is 2.32. The predicted molar refractivity (Wildman–Crippen MR) is 140 cm³/mol. The van der Waals surface area contributed by atoms with E-state index < -0.39 is 23.9 Å². The van der Waals surface area contributed by atoms with Crippen LogP contribution in [0.4, 0.5) is 13.2 Å². The van der Waals surface area contributed by atoms with Gasteiger partial charge < -0.3 is 20.3 Å². The van der Waals surface area contributed by atoms with Gasteiger partial charge in [-0.1, -0.05) is 42.5 Å². The molecule has 2 unspecified atom stereocenters. The Morgan fingerprint density at radius 1 is 0.974 bits per heavy atom. The summed E-state index contributed by atoms with van der Waals surface area (Å²) in [5.74, 6) is -1.27. The Hall–Kier alpha value is -3.30. The monoisotopic (exact) mass is 547 g/mol. The third-order valence-electron chi connectivity index (χ3n) is 6.96. The van der Waals surface area contributed by atoms with Gasteiger partial charge >= 0.3 is 6.36 Å². The van der Waals surface area contributed by atoms with Crippen LogP contribution in [0.15, 0.2) is 66.7 Å². The summed E-state index contributed by atoms with van der Waals surface area (Å²) in [7, 11) is 0. The number of carbonyl (C=O) groups excluding carboxylic acids is 2. The Kier molecular flexibility index (Phi) is 8.47. The Morgan fingerprint density at radius 3 is 2.39 bits per heavy atom. The van der Waals surface area contributed by atoms with Gasteiger partial charge in [0.25, 0.3) is 5.91 Å². The summed E-state index contributed by atoms with van der Waals surface area (Å²) >= 11 is 0. The van der Waals surface area contributed by atoms with Crippen molar-refractivity contribution < 1.29 is 27.5 Å². The van der Waals surface area contributed by atoms with E-state index in [1.54, 1.807) is 0 Å². The number of ether oxygens (including phenoxy) is 1. The lowest BCUT2D eigenvalue weighted by atomic mass is 9.91. The maximum absolute atomic E-state index is 13.8. The van der Waals surface area contributed by atoms with Gasteiger partial charge in [-0.15, -0.1) is 25.6 Å². The summed E-state index contributed by atoms with van der Waals surface area (Å²) in [5.41, 5.74) is 1.29. The highest BCUT2D eigenvalue weighted by Gasteiger charge is 2.40. The topological polar surface area (TPSA) is 70.7 Å². The molecule has 3 aromatic rings. The molecular weight excluding hydrogens is 519 g/mol. The van der Waals surface area contributed by atoms with Gasteiger partial charge in [-0.2, -0.15) is 0 Å². The molecule has 2 amide bonds. The first-order chi connectivity index (χ1) is 17.8. The second-order valence-corrected chi connectivity index (χ2v) is 9.59. The maximum atomic E-state index is 13.8. The molecule has 1 aliphatic heterocycles. The van der Waals surface area contributed by atoms with Gasteiger partial charge in [-0.3, -0.25) is 9.59 Å². The molecule has 10 heteroatoms. The Balaban J connectivity index is 0.00000336. The lowest BCUT2D eigenvalue weighted by molar-refractivity contribution is -0.274. The molecular formula is C28H29ClF3N3O3. The van der Waals surface area contributed by atoms with E-state index in [9.17, 15) is 22.8 Å². The molecule has 1 heterocycles. The first-order valence-electron chi connectivity index (χ1n) is 12.4. The summed E-state index contributed by atoms with van der Waals surface area (Å²) in [6.45, 7) is 1.60. The molecule has 0 spiro atoms. The average molecular weight is 548 g/mol. The van der Waals surface area contributed by atoms with Crippen LogP contribution in [0.25, 0.3) is 10.8 Å². The fourth-order valence-electron chi connectivity index (χ4n) is 4.95. The van der Waals surface area contributed by atoms with Crippen LogP contribution in [-0.4, -0.2) is 48.2 Å². The molecule has 0 radical (unpaired) electrons. The van der Waals surface area contributed by atoms with Gasteiger partial charge in [0.15, 0.2) is 0 Å². The second kappa shape index (κ2) is 11.6. The summed E-state index contributed by atoms with van der Waals surface area (Å²) in [6, 6.07) is 18.8. The Labute approximate surface area is 224 Å². The zero-order chi connectivity index (χ0) is 26.0. The minimum Gasteiger partial charge on any atom is -0.406 e. The molecule has 5 rings (SSSR count). The number of nitrogens with zero attached hydrogens (tertiary/aromatic N) is 1. The number of alkyl halides is 3. The van der Waals surface area contributed by atoms with Crippen LogP contribution in [0.5, 0.6) is 5.75 Å². The van der Waals surface area contributed by atoms with Gasteiger partial charge in [-0.05, 0) is 66.4 Å². The average Bonchev–Trinajstić information content (AvgIpc) is 3.72. The third-order valence-corrected chi connectivity index (χ3v) is 6.96. The minimum atomic E-state index is -4.80. The molecule has 2 fully saturated rings. The number of nitrogens with one attached hydrogen (secondary N) is 2. The Bertz CT molecular complexity index is 1280. The van der Waals surface area contributed by atoms with Crippen molar-refractivity contribution in [2.24, 2.45) is 5.92 Å². The molecule has 1 saturated heterocycles. The van der Waals surface area contributed by atoms with E-state index in [-0.39, 0.29) is 36.0 Å². The summed E-state index contributed by atoms with van der Waals surface area (Å²) in [5, 5.41) is 8.47. The lowest BCUT2D eigenvalue weighted by Gasteiger charge is -2.36. The fraction of sp³-hybridized carbons (Fsp3) is 0.357. The standard InChI is InChI=1S/C28H28F3N3O3.ClH/c29-28(30,31)37-22-12-8-19(9-13-22)26(35)33-25-14-15-32-16-24(25)27(36)34(21-10-11-21)17-20-6-3-5-18-4-1-2-7-23(18)20;/h1-9,12-13,21,24-25,32H,10-11,14-17H2,(H,33,35);1H. The number of hydrogen-bond acceptors (Lipinski definition) is 4. The number of halogens is 4. The van der Waals surface area contributed by atoms with Crippen molar-refractivity contribution in [2.45, 2.75) is 44.3 Å². The molecule has 38 heavy (non-hydrogen) atoms. The van der Waals surface area contributed by atoms with Crippen LogP contribution >= 0.6 is 12.4 Å². The van der Waals surface area contributed by atoms with Crippen LogP contribution in [0.2, 0.25) is 0 Å². The van der Waals surface area contributed by atoms with Gasteiger partial charge in [-0.25, -0.2) is 0 Å². The Morgan fingerprint density at radius 2 is 1.68 bits per heavy atom. The summed E-state index contributed by atoms with van der Waals surface area (Å²) in [6.07, 6.45) is -2.31. The molecule has 202 valence electrons. The van der Waals surface area contributed by atoms with E-state index in [2.05, 4.69) is 39.6 Å². The van der Waals surface area contributed by atoms with Crippen molar-refractivity contribution in [3.05, 3.63) is 77.9 Å². The highest BCUT2D eigenvalue weighted by atomic mass is 35.5. The molecule has 2 N–H and O–H groups in total. The third kappa shape index (κ3) is 6.57. The molecule has 0 aromatic heterocycles. The van der Waals surface area contributed by atoms with E-state index in [0.717, 1.165) is 41.3 Å². The number of carbonyl (C=O) groups is 2.